The van der Waals surface area contributed by atoms with Crippen LogP contribution in [0.5, 0.6) is 0 Å². The second-order valence-electron chi connectivity index (χ2n) is 3.73. The molecule has 0 bridgehead atoms. The van der Waals surface area contributed by atoms with Crippen molar-refractivity contribution in [3.05, 3.63) is 0 Å². The lowest BCUT2D eigenvalue weighted by molar-refractivity contribution is 0.132. The summed E-state index contributed by atoms with van der Waals surface area (Å²) in [6.45, 7) is 3.62. The summed E-state index contributed by atoms with van der Waals surface area (Å²) in [5.41, 5.74) is 6.14. The van der Waals surface area contributed by atoms with Crippen molar-refractivity contribution >= 4 is 0 Å². The average Bonchev–Trinajstić information content (AvgIpc) is 2.02. The molecule has 1 fully saturated rings. The molecule has 0 spiro atoms. The van der Waals surface area contributed by atoms with E-state index in [2.05, 4.69) is 5.32 Å². The van der Waals surface area contributed by atoms with Gasteiger partial charge in [0, 0.05) is 20.2 Å². The van der Waals surface area contributed by atoms with Gasteiger partial charge in [0.25, 0.3) is 0 Å². The second-order valence-corrected chi connectivity index (χ2v) is 3.73. The first-order chi connectivity index (χ1) is 5.83. The molecule has 0 atom stereocenters. The third-order valence-corrected chi connectivity index (χ3v) is 2.83. The molecule has 72 valence electrons. The number of hydrogen-bond donors (Lipinski definition) is 2. The standard InChI is InChI=1S/C9H20N2O/c1-12-6-5-11-8-9(7-10)3-2-4-9/h11H,2-8,10H2,1H3. The van der Waals surface area contributed by atoms with E-state index in [9.17, 15) is 0 Å². The summed E-state index contributed by atoms with van der Waals surface area (Å²) in [6, 6.07) is 0. The van der Waals surface area contributed by atoms with E-state index in [-0.39, 0.29) is 0 Å². The Labute approximate surface area is 74.7 Å². The average molecular weight is 172 g/mol. The third kappa shape index (κ3) is 2.44. The van der Waals surface area contributed by atoms with Crippen molar-refractivity contribution in [3.63, 3.8) is 0 Å². The molecule has 3 heteroatoms. The maximum Gasteiger partial charge on any atom is 0.0587 e. The quantitative estimate of drug-likeness (QED) is 0.568. The molecule has 0 unspecified atom stereocenters. The minimum absolute atomic E-state index is 0.424. The van der Waals surface area contributed by atoms with Gasteiger partial charge in [0.2, 0.25) is 0 Å². The predicted octanol–water partition coefficient (Wildman–Crippen LogP) is 0.351. The highest BCUT2D eigenvalue weighted by molar-refractivity contribution is 4.90. The van der Waals surface area contributed by atoms with Gasteiger partial charge in [-0.2, -0.15) is 0 Å². The van der Waals surface area contributed by atoms with Gasteiger partial charge in [-0.15, -0.1) is 0 Å². The summed E-state index contributed by atoms with van der Waals surface area (Å²) in [5.74, 6) is 0. The monoisotopic (exact) mass is 172 g/mol. The molecule has 1 aliphatic carbocycles. The molecule has 3 nitrogen and oxygen atoms in total. The molecule has 0 aromatic carbocycles. The van der Waals surface area contributed by atoms with E-state index >= 15 is 0 Å². The molecule has 0 heterocycles. The van der Waals surface area contributed by atoms with Gasteiger partial charge in [0.05, 0.1) is 6.61 Å². The van der Waals surface area contributed by atoms with Gasteiger partial charge in [-0.05, 0) is 24.8 Å². The van der Waals surface area contributed by atoms with Crippen molar-refractivity contribution in [1.82, 2.24) is 5.32 Å². The Kier molecular flexibility index (Phi) is 3.98. The lowest BCUT2D eigenvalue weighted by atomic mass is 9.69. The van der Waals surface area contributed by atoms with Crippen LogP contribution < -0.4 is 11.1 Å². The van der Waals surface area contributed by atoms with Crippen LogP contribution in [0.15, 0.2) is 0 Å². The van der Waals surface area contributed by atoms with Crippen LogP contribution in [0.1, 0.15) is 19.3 Å². The molecule has 0 amide bonds. The first-order valence-electron chi connectivity index (χ1n) is 4.73. The molecule has 1 aliphatic rings. The first kappa shape index (κ1) is 9.96. The van der Waals surface area contributed by atoms with Gasteiger partial charge >= 0.3 is 0 Å². The second kappa shape index (κ2) is 4.80. The van der Waals surface area contributed by atoms with Crippen LogP contribution >= 0.6 is 0 Å². The fourth-order valence-corrected chi connectivity index (χ4v) is 1.66. The zero-order valence-electron chi connectivity index (χ0n) is 7.94. The van der Waals surface area contributed by atoms with Gasteiger partial charge in [-0.1, -0.05) is 6.42 Å². The van der Waals surface area contributed by atoms with Gasteiger partial charge in [0.15, 0.2) is 0 Å². The largest absolute Gasteiger partial charge is 0.383 e. The van der Waals surface area contributed by atoms with Crippen molar-refractivity contribution in [2.24, 2.45) is 11.1 Å². The topological polar surface area (TPSA) is 47.3 Å². The number of rotatable bonds is 6. The van der Waals surface area contributed by atoms with Crippen LogP contribution in [0.2, 0.25) is 0 Å². The number of nitrogens with two attached hydrogens (primary N) is 1. The van der Waals surface area contributed by atoms with E-state index in [1.54, 1.807) is 7.11 Å². The van der Waals surface area contributed by atoms with Gasteiger partial charge in [-0.3, -0.25) is 0 Å². The highest BCUT2D eigenvalue weighted by Gasteiger charge is 2.34. The molecular formula is C9H20N2O. The Balaban J connectivity index is 2.04. The maximum atomic E-state index is 5.71. The van der Waals surface area contributed by atoms with Crippen LogP contribution in [0.25, 0.3) is 0 Å². The zero-order valence-corrected chi connectivity index (χ0v) is 7.94. The fourth-order valence-electron chi connectivity index (χ4n) is 1.66. The third-order valence-electron chi connectivity index (χ3n) is 2.83. The van der Waals surface area contributed by atoms with E-state index in [0.717, 1.165) is 26.2 Å². The minimum Gasteiger partial charge on any atom is -0.383 e. The Hall–Kier alpha value is -0.120. The molecule has 1 saturated carbocycles. The number of methoxy groups -OCH3 is 1. The van der Waals surface area contributed by atoms with E-state index in [1.807, 2.05) is 0 Å². The Morgan fingerprint density at radius 2 is 2.25 bits per heavy atom. The summed E-state index contributed by atoms with van der Waals surface area (Å²) in [6.07, 6.45) is 3.94. The van der Waals surface area contributed by atoms with Crippen molar-refractivity contribution in [1.29, 1.82) is 0 Å². The van der Waals surface area contributed by atoms with Gasteiger partial charge in [0.1, 0.15) is 0 Å². The number of nitrogens with one attached hydrogen (secondary N) is 1. The molecule has 12 heavy (non-hydrogen) atoms. The van der Waals surface area contributed by atoms with Crippen molar-refractivity contribution in [2.75, 3.05) is 33.4 Å². The van der Waals surface area contributed by atoms with Crippen LogP contribution in [-0.2, 0) is 4.74 Å². The number of ether oxygens (including phenoxy) is 1. The molecule has 3 N–H and O–H groups in total. The SMILES string of the molecule is COCCNCC1(CN)CCC1. The molecule has 0 aromatic rings. The summed E-state index contributed by atoms with van der Waals surface area (Å²) in [5, 5.41) is 3.38. The van der Waals surface area contributed by atoms with E-state index in [4.69, 9.17) is 10.5 Å². The number of hydrogen-bond acceptors (Lipinski definition) is 3. The summed E-state index contributed by atoms with van der Waals surface area (Å²) in [4.78, 5) is 0. The van der Waals surface area contributed by atoms with E-state index in [0.29, 0.717) is 5.41 Å². The molecule has 0 aromatic heterocycles. The van der Waals surface area contributed by atoms with Crippen molar-refractivity contribution in [2.45, 2.75) is 19.3 Å². The summed E-state index contributed by atoms with van der Waals surface area (Å²) in [7, 11) is 1.73. The molecule has 0 aliphatic heterocycles. The summed E-state index contributed by atoms with van der Waals surface area (Å²) >= 11 is 0. The smallest absolute Gasteiger partial charge is 0.0587 e. The highest BCUT2D eigenvalue weighted by Crippen LogP contribution is 2.38. The minimum atomic E-state index is 0.424. The van der Waals surface area contributed by atoms with Crippen LogP contribution in [-0.4, -0.2) is 33.4 Å². The Morgan fingerprint density at radius 3 is 2.67 bits per heavy atom. The highest BCUT2D eigenvalue weighted by atomic mass is 16.5. The van der Waals surface area contributed by atoms with E-state index < -0.39 is 0 Å². The first-order valence-corrected chi connectivity index (χ1v) is 4.73. The molecule has 0 saturated heterocycles. The zero-order chi connectivity index (χ0) is 8.86. The van der Waals surface area contributed by atoms with Crippen molar-refractivity contribution in [3.8, 4) is 0 Å². The van der Waals surface area contributed by atoms with Crippen LogP contribution in [0.4, 0.5) is 0 Å². The van der Waals surface area contributed by atoms with Gasteiger partial charge < -0.3 is 15.8 Å². The van der Waals surface area contributed by atoms with Crippen LogP contribution in [0, 0.1) is 5.41 Å². The lowest BCUT2D eigenvalue weighted by Gasteiger charge is -2.41. The predicted molar refractivity (Wildman–Crippen MR) is 50.1 cm³/mol. The summed E-state index contributed by atoms with van der Waals surface area (Å²) < 4.78 is 4.95. The maximum absolute atomic E-state index is 5.71. The Bertz CT molecular complexity index is 118. The molecular weight excluding hydrogens is 152 g/mol. The Morgan fingerprint density at radius 1 is 1.50 bits per heavy atom. The van der Waals surface area contributed by atoms with Crippen LogP contribution in [0.3, 0.4) is 0 Å². The normalized spacial score (nSPS) is 20.5. The van der Waals surface area contributed by atoms with Crippen molar-refractivity contribution < 1.29 is 4.74 Å². The van der Waals surface area contributed by atoms with Gasteiger partial charge in [-0.25, -0.2) is 0 Å². The fraction of sp³-hybridized carbons (Fsp3) is 1.00. The molecule has 1 rings (SSSR count). The lowest BCUT2D eigenvalue weighted by Crippen LogP contribution is -2.46. The molecule has 0 radical (unpaired) electrons. The van der Waals surface area contributed by atoms with E-state index in [1.165, 1.54) is 19.3 Å².